The van der Waals surface area contributed by atoms with Crippen LogP contribution in [0.2, 0.25) is 0 Å². The number of rotatable bonds is 2. The van der Waals surface area contributed by atoms with Crippen molar-refractivity contribution in [2.45, 2.75) is 6.92 Å². The zero-order valence-corrected chi connectivity index (χ0v) is 7.21. The van der Waals surface area contributed by atoms with Gasteiger partial charge in [0.2, 0.25) is 5.92 Å². The van der Waals surface area contributed by atoms with Crippen LogP contribution >= 0.6 is 0 Å². The highest BCUT2D eigenvalue weighted by atomic mass is 16.5. The summed E-state index contributed by atoms with van der Waals surface area (Å²) >= 11 is 0. The Morgan fingerprint density at radius 1 is 1.17 bits per heavy atom. The van der Waals surface area contributed by atoms with E-state index in [0.29, 0.717) is 0 Å². The van der Waals surface area contributed by atoms with Crippen molar-refractivity contribution >= 4 is 11.9 Å². The van der Waals surface area contributed by atoms with Crippen molar-refractivity contribution in [3.8, 4) is 11.8 Å². The highest BCUT2D eigenvalue weighted by Crippen LogP contribution is 1.99. The number of hydrogen-bond acceptors (Lipinski definition) is 4. The predicted molar refractivity (Wildman–Crippen MR) is 41.0 cm³/mol. The summed E-state index contributed by atoms with van der Waals surface area (Å²) in [6.07, 6.45) is 0. The molecule has 0 bridgehead atoms. The van der Waals surface area contributed by atoms with E-state index in [1.54, 1.807) is 0 Å². The molecule has 12 heavy (non-hydrogen) atoms. The summed E-state index contributed by atoms with van der Waals surface area (Å²) in [5, 5.41) is 0. The molecule has 0 aromatic rings. The lowest BCUT2D eigenvalue weighted by atomic mass is 10.1. The van der Waals surface area contributed by atoms with E-state index in [-0.39, 0.29) is 0 Å². The molecule has 0 amide bonds. The molecular formula is C8H10O4. The van der Waals surface area contributed by atoms with Gasteiger partial charge in [-0.2, -0.15) is 0 Å². The maximum Gasteiger partial charge on any atom is 0.332 e. The molecule has 0 atom stereocenters. The Hall–Kier alpha value is -1.50. The van der Waals surface area contributed by atoms with Gasteiger partial charge in [0.15, 0.2) is 0 Å². The first-order valence-electron chi connectivity index (χ1n) is 3.25. The first-order chi connectivity index (χ1) is 5.67. The number of carbonyl (C=O) groups is 2. The molecule has 0 fully saturated rings. The van der Waals surface area contributed by atoms with Crippen molar-refractivity contribution in [2.75, 3.05) is 14.2 Å². The molecule has 0 unspecified atom stereocenters. The third-order valence-electron chi connectivity index (χ3n) is 1.16. The average molecular weight is 170 g/mol. The number of ether oxygens (including phenoxy) is 2. The van der Waals surface area contributed by atoms with Gasteiger partial charge in [-0.25, -0.2) is 0 Å². The normalized spacial score (nSPS) is 8.33. The summed E-state index contributed by atoms with van der Waals surface area (Å²) in [5.74, 6) is 2.32. The molecule has 0 N–H and O–H groups in total. The number of carbonyl (C=O) groups excluding carboxylic acids is 2. The van der Waals surface area contributed by atoms with E-state index in [9.17, 15) is 9.59 Å². The monoisotopic (exact) mass is 170 g/mol. The van der Waals surface area contributed by atoms with Crippen molar-refractivity contribution in [2.24, 2.45) is 5.92 Å². The Labute approximate surface area is 70.8 Å². The van der Waals surface area contributed by atoms with Gasteiger partial charge in [-0.15, -0.1) is 5.92 Å². The van der Waals surface area contributed by atoms with Crippen molar-refractivity contribution in [1.82, 2.24) is 0 Å². The summed E-state index contributed by atoms with van der Waals surface area (Å²) in [7, 11) is 2.38. The van der Waals surface area contributed by atoms with Gasteiger partial charge in [0.05, 0.1) is 14.2 Å². The van der Waals surface area contributed by atoms with Crippen LogP contribution in [-0.4, -0.2) is 26.2 Å². The fraction of sp³-hybridized carbons (Fsp3) is 0.500. The van der Waals surface area contributed by atoms with Crippen molar-refractivity contribution < 1.29 is 19.1 Å². The highest BCUT2D eigenvalue weighted by molar-refractivity contribution is 5.98. The molecule has 66 valence electrons. The Morgan fingerprint density at radius 3 is 1.83 bits per heavy atom. The zero-order chi connectivity index (χ0) is 9.56. The highest BCUT2D eigenvalue weighted by Gasteiger charge is 2.25. The SMILES string of the molecule is CC#CC(C(=O)OC)C(=O)OC. The standard InChI is InChI=1S/C8H10O4/c1-4-5-6(7(9)11-2)8(10)12-3/h6H,1-3H3. The minimum Gasteiger partial charge on any atom is -0.468 e. The van der Waals surface area contributed by atoms with Crippen LogP contribution in [0.15, 0.2) is 0 Å². The van der Waals surface area contributed by atoms with Crippen LogP contribution in [-0.2, 0) is 19.1 Å². The molecule has 0 aromatic heterocycles. The third kappa shape index (κ3) is 2.62. The van der Waals surface area contributed by atoms with Gasteiger partial charge in [-0.3, -0.25) is 9.59 Å². The molecule has 0 heterocycles. The topological polar surface area (TPSA) is 52.6 Å². The van der Waals surface area contributed by atoms with Gasteiger partial charge in [0.25, 0.3) is 0 Å². The van der Waals surface area contributed by atoms with Crippen LogP contribution in [0.25, 0.3) is 0 Å². The van der Waals surface area contributed by atoms with E-state index < -0.39 is 17.9 Å². The Balaban J connectivity index is 4.50. The summed E-state index contributed by atoms with van der Waals surface area (Å²) in [4.78, 5) is 21.8. The van der Waals surface area contributed by atoms with E-state index in [1.807, 2.05) is 0 Å². The molecule has 0 aliphatic rings. The molecule has 0 saturated heterocycles. The van der Waals surface area contributed by atoms with Gasteiger partial charge in [-0.1, -0.05) is 5.92 Å². The number of hydrogen-bond donors (Lipinski definition) is 0. The lowest BCUT2D eigenvalue weighted by Gasteiger charge is -2.04. The van der Waals surface area contributed by atoms with Crippen LogP contribution < -0.4 is 0 Å². The number of methoxy groups -OCH3 is 2. The van der Waals surface area contributed by atoms with E-state index in [2.05, 4.69) is 21.3 Å². The first kappa shape index (κ1) is 10.5. The van der Waals surface area contributed by atoms with Crippen LogP contribution in [0, 0.1) is 17.8 Å². The summed E-state index contributed by atoms with van der Waals surface area (Å²) in [5.41, 5.74) is 0. The molecule has 4 nitrogen and oxygen atoms in total. The van der Waals surface area contributed by atoms with E-state index >= 15 is 0 Å². The molecule has 0 saturated carbocycles. The second-order valence-electron chi connectivity index (χ2n) is 1.87. The fourth-order valence-corrected chi connectivity index (χ4v) is 0.594. The fourth-order valence-electron chi connectivity index (χ4n) is 0.594. The quantitative estimate of drug-likeness (QED) is 0.332. The summed E-state index contributed by atoms with van der Waals surface area (Å²) in [6, 6.07) is 0. The lowest BCUT2D eigenvalue weighted by Crippen LogP contribution is -2.24. The van der Waals surface area contributed by atoms with E-state index in [4.69, 9.17) is 0 Å². The number of esters is 2. The third-order valence-corrected chi connectivity index (χ3v) is 1.16. The smallest absolute Gasteiger partial charge is 0.332 e. The molecule has 4 heteroatoms. The first-order valence-corrected chi connectivity index (χ1v) is 3.25. The second kappa shape index (κ2) is 5.19. The van der Waals surface area contributed by atoms with Crippen LogP contribution in [0.3, 0.4) is 0 Å². The molecule has 0 spiro atoms. The molecule has 0 aromatic carbocycles. The predicted octanol–water partition coefficient (Wildman–Crippen LogP) is -0.0281. The maximum absolute atomic E-state index is 10.9. The van der Waals surface area contributed by atoms with Crippen molar-refractivity contribution in [1.29, 1.82) is 0 Å². The van der Waals surface area contributed by atoms with Crippen molar-refractivity contribution in [3.63, 3.8) is 0 Å². The summed E-state index contributed by atoms with van der Waals surface area (Å²) in [6.45, 7) is 1.53. The Kier molecular flexibility index (Phi) is 4.54. The van der Waals surface area contributed by atoms with Gasteiger partial charge >= 0.3 is 11.9 Å². The van der Waals surface area contributed by atoms with Gasteiger partial charge in [0, 0.05) is 0 Å². The Bertz CT molecular complexity index is 217. The van der Waals surface area contributed by atoms with Crippen LogP contribution in [0.4, 0.5) is 0 Å². The molecular weight excluding hydrogens is 160 g/mol. The zero-order valence-electron chi connectivity index (χ0n) is 7.21. The van der Waals surface area contributed by atoms with Crippen molar-refractivity contribution in [3.05, 3.63) is 0 Å². The maximum atomic E-state index is 10.9. The lowest BCUT2D eigenvalue weighted by molar-refractivity contribution is -0.155. The average Bonchev–Trinajstić information content (AvgIpc) is 2.11. The summed E-state index contributed by atoms with van der Waals surface area (Å²) < 4.78 is 8.69. The molecule has 0 aliphatic heterocycles. The minimum absolute atomic E-state index is 0.698. The van der Waals surface area contributed by atoms with Gasteiger partial charge in [-0.05, 0) is 6.92 Å². The van der Waals surface area contributed by atoms with E-state index in [1.165, 1.54) is 21.1 Å². The molecule has 0 radical (unpaired) electrons. The molecule has 0 rings (SSSR count). The van der Waals surface area contributed by atoms with Gasteiger partial charge < -0.3 is 9.47 Å². The Morgan fingerprint density at radius 2 is 1.58 bits per heavy atom. The largest absolute Gasteiger partial charge is 0.468 e. The minimum atomic E-state index is -1.12. The second-order valence-corrected chi connectivity index (χ2v) is 1.87. The molecule has 0 aliphatic carbocycles. The van der Waals surface area contributed by atoms with Crippen LogP contribution in [0.5, 0.6) is 0 Å². The van der Waals surface area contributed by atoms with E-state index in [0.717, 1.165) is 0 Å². The van der Waals surface area contributed by atoms with Gasteiger partial charge in [0.1, 0.15) is 0 Å². The van der Waals surface area contributed by atoms with Crippen LogP contribution in [0.1, 0.15) is 6.92 Å².